The lowest BCUT2D eigenvalue weighted by Gasteiger charge is -2.15. The molecule has 20 heavy (non-hydrogen) atoms. The molecule has 0 amide bonds. The minimum absolute atomic E-state index is 0.0747. The molecule has 108 valence electrons. The van der Waals surface area contributed by atoms with Gasteiger partial charge in [0.25, 0.3) is 0 Å². The maximum absolute atomic E-state index is 8.61. The highest BCUT2D eigenvalue weighted by molar-refractivity contribution is 5.35. The lowest BCUT2D eigenvalue weighted by atomic mass is 10.1. The van der Waals surface area contributed by atoms with Crippen LogP contribution in [-0.4, -0.2) is 41.0 Å². The van der Waals surface area contributed by atoms with Gasteiger partial charge in [0.1, 0.15) is 0 Å². The second kappa shape index (κ2) is 7.79. The fourth-order valence-corrected chi connectivity index (χ4v) is 1.98. The van der Waals surface area contributed by atoms with Gasteiger partial charge >= 0.3 is 0 Å². The van der Waals surface area contributed by atoms with Gasteiger partial charge in [-0.1, -0.05) is 12.1 Å². The van der Waals surface area contributed by atoms with Crippen molar-refractivity contribution in [2.75, 3.05) is 26.4 Å². The summed E-state index contributed by atoms with van der Waals surface area (Å²) in [6.07, 6.45) is 5.48. The highest BCUT2D eigenvalue weighted by atomic mass is 16.5. The van der Waals surface area contributed by atoms with E-state index in [1.807, 2.05) is 10.8 Å². The van der Waals surface area contributed by atoms with Gasteiger partial charge in [0, 0.05) is 30.7 Å². The first-order valence-corrected chi connectivity index (χ1v) is 6.81. The highest BCUT2D eigenvalue weighted by Gasteiger charge is 2.04. The van der Waals surface area contributed by atoms with Crippen LogP contribution in [-0.2, 0) is 4.74 Å². The van der Waals surface area contributed by atoms with Crippen LogP contribution in [0.2, 0.25) is 0 Å². The summed E-state index contributed by atoms with van der Waals surface area (Å²) in [5, 5.41) is 12.0. The van der Waals surface area contributed by atoms with Crippen LogP contribution in [0.1, 0.15) is 18.5 Å². The number of aromatic nitrogens is 2. The summed E-state index contributed by atoms with van der Waals surface area (Å²) in [4.78, 5) is 4.04. The van der Waals surface area contributed by atoms with Crippen LogP contribution in [0.3, 0.4) is 0 Å². The molecule has 0 aliphatic carbocycles. The maximum atomic E-state index is 8.61. The van der Waals surface area contributed by atoms with Crippen molar-refractivity contribution in [3.8, 4) is 5.69 Å². The van der Waals surface area contributed by atoms with Gasteiger partial charge in [-0.3, -0.25) is 0 Å². The Labute approximate surface area is 119 Å². The molecule has 0 saturated carbocycles. The Morgan fingerprint density at radius 1 is 1.30 bits per heavy atom. The first-order chi connectivity index (χ1) is 9.81. The van der Waals surface area contributed by atoms with E-state index in [1.54, 1.807) is 12.5 Å². The van der Waals surface area contributed by atoms with Gasteiger partial charge < -0.3 is 19.7 Å². The summed E-state index contributed by atoms with van der Waals surface area (Å²) >= 11 is 0. The van der Waals surface area contributed by atoms with Crippen LogP contribution < -0.4 is 5.32 Å². The lowest BCUT2D eigenvalue weighted by Crippen LogP contribution is -2.23. The minimum atomic E-state index is 0.0747. The van der Waals surface area contributed by atoms with E-state index in [1.165, 1.54) is 5.56 Å². The van der Waals surface area contributed by atoms with E-state index in [9.17, 15) is 0 Å². The predicted octanol–water partition coefficient (Wildman–Crippen LogP) is 1.53. The van der Waals surface area contributed by atoms with Crippen LogP contribution >= 0.6 is 0 Å². The Morgan fingerprint density at radius 3 is 2.75 bits per heavy atom. The number of imidazole rings is 1. The summed E-state index contributed by atoms with van der Waals surface area (Å²) in [5.74, 6) is 0. The Kier molecular flexibility index (Phi) is 5.73. The number of benzene rings is 1. The molecule has 2 rings (SSSR count). The van der Waals surface area contributed by atoms with Gasteiger partial charge in [0.15, 0.2) is 0 Å². The lowest BCUT2D eigenvalue weighted by molar-refractivity contribution is 0.0928. The van der Waals surface area contributed by atoms with E-state index in [2.05, 4.69) is 41.5 Å². The molecule has 0 bridgehead atoms. The fraction of sp³-hybridized carbons (Fsp3) is 0.400. The molecule has 1 aromatic carbocycles. The molecule has 0 saturated heterocycles. The Bertz CT molecular complexity index is 482. The fourth-order valence-electron chi connectivity index (χ4n) is 1.98. The van der Waals surface area contributed by atoms with E-state index in [4.69, 9.17) is 9.84 Å². The van der Waals surface area contributed by atoms with Crippen molar-refractivity contribution in [2.45, 2.75) is 13.0 Å². The molecule has 0 aliphatic heterocycles. The summed E-state index contributed by atoms with van der Waals surface area (Å²) in [7, 11) is 0. The zero-order chi connectivity index (χ0) is 14.2. The van der Waals surface area contributed by atoms with Crippen LogP contribution in [0, 0.1) is 0 Å². The number of hydrogen-bond acceptors (Lipinski definition) is 4. The predicted molar refractivity (Wildman–Crippen MR) is 77.9 cm³/mol. The summed E-state index contributed by atoms with van der Waals surface area (Å²) in [5.41, 5.74) is 2.33. The smallest absolute Gasteiger partial charge is 0.0991 e. The van der Waals surface area contributed by atoms with Crippen molar-refractivity contribution in [1.82, 2.24) is 14.9 Å². The third-order valence-corrected chi connectivity index (χ3v) is 3.13. The second-order valence-corrected chi connectivity index (χ2v) is 4.57. The molecule has 2 aromatic rings. The van der Waals surface area contributed by atoms with Crippen LogP contribution in [0.5, 0.6) is 0 Å². The van der Waals surface area contributed by atoms with Crippen LogP contribution in [0.15, 0.2) is 43.0 Å². The average molecular weight is 275 g/mol. The van der Waals surface area contributed by atoms with Crippen molar-refractivity contribution in [2.24, 2.45) is 0 Å². The molecular weight excluding hydrogens is 254 g/mol. The SMILES string of the molecule is CC(NCCOCCO)c1ccc(-n2ccnc2)cc1. The van der Waals surface area contributed by atoms with Gasteiger partial charge in [-0.15, -0.1) is 0 Å². The number of aliphatic hydroxyl groups excluding tert-OH is 1. The van der Waals surface area contributed by atoms with Crippen molar-refractivity contribution < 1.29 is 9.84 Å². The number of rotatable bonds is 8. The molecule has 0 fully saturated rings. The summed E-state index contributed by atoms with van der Waals surface area (Å²) in [6, 6.07) is 8.66. The van der Waals surface area contributed by atoms with E-state index in [-0.39, 0.29) is 12.6 Å². The van der Waals surface area contributed by atoms with Crippen molar-refractivity contribution >= 4 is 0 Å². The molecular formula is C15H21N3O2. The van der Waals surface area contributed by atoms with Crippen molar-refractivity contribution in [3.05, 3.63) is 48.5 Å². The van der Waals surface area contributed by atoms with Gasteiger partial charge in [0.2, 0.25) is 0 Å². The molecule has 2 N–H and O–H groups in total. The zero-order valence-corrected chi connectivity index (χ0v) is 11.7. The molecule has 1 heterocycles. The standard InChI is InChI=1S/C15H21N3O2/c1-13(17-7-10-20-11-9-19)14-2-4-15(5-3-14)18-8-6-16-12-18/h2-6,8,12-13,17,19H,7,9-11H2,1H3. The van der Waals surface area contributed by atoms with E-state index in [0.717, 1.165) is 12.2 Å². The zero-order valence-electron chi connectivity index (χ0n) is 11.7. The maximum Gasteiger partial charge on any atom is 0.0991 e. The van der Waals surface area contributed by atoms with Gasteiger partial charge in [-0.25, -0.2) is 4.98 Å². The number of aliphatic hydroxyl groups is 1. The Balaban J connectivity index is 1.83. The third kappa shape index (κ3) is 4.16. The van der Waals surface area contributed by atoms with E-state index < -0.39 is 0 Å². The number of nitrogens with one attached hydrogen (secondary N) is 1. The van der Waals surface area contributed by atoms with E-state index >= 15 is 0 Å². The molecule has 5 nitrogen and oxygen atoms in total. The largest absolute Gasteiger partial charge is 0.394 e. The molecule has 0 aliphatic rings. The number of nitrogens with zero attached hydrogens (tertiary/aromatic N) is 2. The average Bonchev–Trinajstić information content (AvgIpc) is 3.01. The van der Waals surface area contributed by atoms with Crippen molar-refractivity contribution in [3.63, 3.8) is 0 Å². The first kappa shape index (κ1) is 14.7. The summed E-state index contributed by atoms with van der Waals surface area (Å²) < 4.78 is 7.19. The van der Waals surface area contributed by atoms with E-state index in [0.29, 0.717) is 13.2 Å². The quantitative estimate of drug-likeness (QED) is 0.717. The molecule has 5 heteroatoms. The Hall–Kier alpha value is -1.69. The van der Waals surface area contributed by atoms with Crippen LogP contribution in [0.4, 0.5) is 0 Å². The van der Waals surface area contributed by atoms with Gasteiger partial charge in [0.05, 0.1) is 26.1 Å². The second-order valence-electron chi connectivity index (χ2n) is 4.57. The minimum Gasteiger partial charge on any atom is -0.394 e. The molecule has 0 spiro atoms. The van der Waals surface area contributed by atoms with Gasteiger partial charge in [-0.2, -0.15) is 0 Å². The summed E-state index contributed by atoms with van der Waals surface area (Å²) in [6.45, 7) is 3.97. The molecule has 0 radical (unpaired) electrons. The van der Waals surface area contributed by atoms with Crippen molar-refractivity contribution in [1.29, 1.82) is 0 Å². The number of ether oxygens (including phenoxy) is 1. The molecule has 1 atom stereocenters. The first-order valence-electron chi connectivity index (χ1n) is 6.81. The molecule has 1 aromatic heterocycles. The highest BCUT2D eigenvalue weighted by Crippen LogP contribution is 2.15. The number of hydrogen-bond donors (Lipinski definition) is 2. The third-order valence-electron chi connectivity index (χ3n) is 3.13. The van der Waals surface area contributed by atoms with Gasteiger partial charge in [-0.05, 0) is 24.6 Å². The monoisotopic (exact) mass is 275 g/mol. The normalized spacial score (nSPS) is 12.5. The van der Waals surface area contributed by atoms with Crippen LogP contribution in [0.25, 0.3) is 5.69 Å². The molecule has 1 unspecified atom stereocenters. The topological polar surface area (TPSA) is 59.3 Å². The Morgan fingerprint density at radius 2 is 2.10 bits per heavy atom.